The van der Waals surface area contributed by atoms with E-state index in [0.29, 0.717) is 6.54 Å². The molecular formula is C19H24N4O2. The Balaban J connectivity index is 1.77. The molecule has 1 amide bonds. The Labute approximate surface area is 147 Å². The van der Waals surface area contributed by atoms with Crippen LogP contribution in [0, 0.1) is 13.8 Å². The number of ether oxygens (including phenoxy) is 1. The molecule has 25 heavy (non-hydrogen) atoms. The quantitative estimate of drug-likeness (QED) is 0.933. The lowest BCUT2D eigenvalue weighted by Gasteiger charge is -2.39. The van der Waals surface area contributed by atoms with Crippen LogP contribution in [0.1, 0.15) is 46.3 Å². The SMILES string of the molecule is Cc1nn(C)c(C)c1[C@H]1Nc2ccccc2C(=O)N1C[C@@H]1CCCO1. The van der Waals surface area contributed by atoms with Crippen LogP contribution < -0.4 is 5.32 Å². The maximum absolute atomic E-state index is 13.2. The van der Waals surface area contributed by atoms with Crippen molar-refractivity contribution in [3.05, 3.63) is 46.8 Å². The van der Waals surface area contributed by atoms with Crippen LogP contribution >= 0.6 is 0 Å². The molecule has 6 nitrogen and oxygen atoms in total. The normalized spacial score (nSPS) is 22.8. The Hall–Kier alpha value is -2.34. The van der Waals surface area contributed by atoms with Gasteiger partial charge in [-0.25, -0.2) is 0 Å². The van der Waals surface area contributed by atoms with Crippen LogP contribution in [-0.4, -0.2) is 39.8 Å². The van der Waals surface area contributed by atoms with E-state index in [1.807, 2.05) is 54.7 Å². The molecule has 1 fully saturated rings. The summed E-state index contributed by atoms with van der Waals surface area (Å²) >= 11 is 0. The van der Waals surface area contributed by atoms with Crippen molar-refractivity contribution in [3.8, 4) is 0 Å². The zero-order valence-electron chi connectivity index (χ0n) is 15.0. The van der Waals surface area contributed by atoms with E-state index in [0.717, 1.165) is 47.7 Å². The average Bonchev–Trinajstić information content (AvgIpc) is 3.19. The third-order valence-electron chi connectivity index (χ3n) is 5.28. The number of fused-ring (bicyclic) bond motifs is 1. The molecule has 0 bridgehead atoms. The monoisotopic (exact) mass is 340 g/mol. The molecule has 0 aliphatic carbocycles. The summed E-state index contributed by atoms with van der Waals surface area (Å²) in [7, 11) is 1.94. The standard InChI is InChI=1S/C19H24N4O2/c1-12-17(13(2)22(3)21-12)18-20-16-9-5-4-8-15(16)19(24)23(18)11-14-7-6-10-25-14/h4-5,8-9,14,18,20H,6-7,10-11H2,1-3H3/t14-,18-/m0/s1. The van der Waals surface area contributed by atoms with Crippen molar-refractivity contribution in [1.29, 1.82) is 0 Å². The van der Waals surface area contributed by atoms with Crippen molar-refractivity contribution >= 4 is 11.6 Å². The summed E-state index contributed by atoms with van der Waals surface area (Å²) in [5.41, 5.74) is 4.68. The van der Waals surface area contributed by atoms with E-state index in [1.54, 1.807) is 0 Å². The smallest absolute Gasteiger partial charge is 0.257 e. The fourth-order valence-corrected chi connectivity index (χ4v) is 3.90. The first kappa shape index (κ1) is 16.1. The molecule has 2 aliphatic rings. The summed E-state index contributed by atoms with van der Waals surface area (Å²) in [6.45, 7) is 5.43. The van der Waals surface area contributed by atoms with Crippen molar-refractivity contribution in [2.45, 2.75) is 39.0 Å². The highest BCUT2D eigenvalue weighted by atomic mass is 16.5. The number of hydrogen-bond acceptors (Lipinski definition) is 4. The van der Waals surface area contributed by atoms with E-state index in [4.69, 9.17) is 4.74 Å². The average molecular weight is 340 g/mol. The summed E-state index contributed by atoms with van der Waals surface area (Å²) in [5.74, 6) is 0.0532. The van der Waals surface area contributed by atoms with Crippen LogP contribution in [0.15, 0.2) is 24.3 Å². The first-order chi connectivity index (χ1) is 12.1. The number of hydrogen-bond donors (Lipinski definition) is 1. The van der Waals surface area contributed by atoms with Crippen LogP contribution in [0.25, 0.3) is 0 Å². The Morgan fingerprint density at radius 1 is 1.32 bits per heavy atom. The van der Waals surface area contributed by atoms with Crippen LogP contribution in [0.4, 0.5) is 5.69 Å². The van der Waals surface area contributed by atoms with Gasteiger partial charge in [0.2, 0.25) is 0 Å². The maximum Gasteiger partial charge on any atom is 0.257 e. The molecule has 0 unspecified atom stereocenters. The predicted octanol–water partition coefficient (Wildman–Crippen LogP) is 2.78. The number of nitrogens with zero attached hydrogens (tertiary/aromatic N) is 3. The molecule has 6 heteroatoms. The van der Waals surface area contributed by atoms with Gasteiger partial charge >= 0.3 is 0 Å². The lowest BCUT2D eigenvalue weighted by atomic mass is 10.0. The molecule has 1 saturated heterocycles. The Bertz CT molecular complexity index is 808. The van der Waals surface area contributed by atoms with Crippen molar-refractivity contribution in [3.63, 3.8) is 0 Å². The summed E-state index contributed by atoms with van der Waals surface area (Å²) in [5, 5.41) is 8.10. The number of anilines is 1. The fourth-order valence-electron chi connectivity index (χ4n) is 3.90. The van der Waals surface area contributed by atoms with E-state index in [-0.39, 0.29) is 18.2 Å². The topological polar surface area (TPSA) is 59.4 Å². The number of amides is 1. The number of aromatic nitrogens is 2. The number of carbonyl (C=O) groups excluding carboxylic acids is 1. The van der Waals surface area contributed by atoms with Gasteiger partial charge in [0.1, 0.15) is 6.17 Å². The zero-order chi connectivity index (χ0) is 17.6. The van der Waals surface area contributed by atoms with Gasteiger partial charge in [0.05, 0.1) is 17.4 Å². The first-order valence-corrected chi connectivity index (χ1v) is 8.84. The molecule has 2 aliphatic heterocycles. The number of rotatable bonds is 3. The molecule has 1 aromatic carbocycles. The molecule has 4 rings (SSSR count). The van der Waals surface area contributed by atoms with Gasteiger partial charge in [0, 0.05) is 37.1 Å². The number of aryl methyl sites for hydroxylation is 2. The van der Waals surface area contributed by atoms with Crippen LogP contribution in [-0.2, 0) is 11.8 Å². The molecule has 132 valence electrons. The molecule has 3 heterocycles. The minimum atomic E-state index is -0.222. The third-order valence-corrected chi connectivity index (χ3v) is 5.28. The lowest BCUT2D eigenvalue weighted by molar-refractivity contribution is 0.0425. The van der Waals surface area contributed by atoms with Crippen LogP contribution in [0.3, 0.4) is 0 Å². The maximum atomic E-state index is 13.2. The van der Waals surface area contributed by atoms with Crippen LogP contribution in [0.5, 0.6) is 0 Å². The highest BCUT2D eigenvalue weighted by molar-refractivity contribution is 6.01. The Morgan fingerprint density at radius 3 is 2.80 bits per heavy atom. The van der Waals surface area contributed by atoms with Gasteiger partial charge in [0.25, 0.3) is 5.91 Å². The lowest BCUT2D eigenvalue weighted by Crippen LogP contribution is -2.46. The second kappa shape index (κ2) is 6.19. The highest BCUT2D eigenvalue weighted by Gasteiger charge is 2.37. The second-order valence-electron chi connectivity index (χ2n) is 6.89. The zero-order valence-corrected chi connectivity index (χ0v) is 15.0. The van der Waals surface area contributed by atoms with E-state index in [2.05, 4.69) is 10.4 Å². The Morgan fingerprint density at radius 2 is 2.12 bits per heavy atom. The number of para-hydroxylation sites is 1. The summed E-state index contributed by atoms with van der Waals surface area (Å²) in [6.07, 6.45) is 1.95. The number of nitrogens with one attached hydrogen (secondary N) is 1. The number of benzene rings is 1. The summed E-state index contributed by atoms with van der Waals surface area (Å²) in [4.78, 5) is 15.1. The molecule has 0 saturated carbocycles. The van der Waals surface area contributed by atoms with E-state index in [9.17, 15) is 4.79 Å². The van der Waals surface area contributed by atoms with Gasteiger partial charge in [-0.2, -0.15) is 5.10 Å². The van der Waals surface area contributed by atoms with Gasteiger partial charge in [-0.05, 0) is 38.8 Å². The van der Waals surface area contributed by atoms with Crippen molar-refractivity contribution in [1.82, 2.24) is 14.7 Å². The predicted molar refractivity (Wildman–Crippen MR) is 95.5 cm³/mol. The molecule has 0 spiro atoms. The molecule has 1 N–H and O–H groups in total. The molecule has 0 radical (unpaired) electrons. The molecule has 2 aromatic rings. The number of carbonyl (C=O) groups is 1. The molecular weight excluding hydrogens is 316 g/mol. The fraction of sp³-hybridized carbons (Fsp3) is 0.474. The van der Waals surface area contributed by atoms with Crippen molar-refractivity contribution in [2.75, 3.05) is 18.5 Å². The first-order valence-electron chi connectivity index (χ1n) is 8.84. The summed E-state index contributed by atoms with van der Waals surface area (Å²) in [6, 6.07) is 7.70. The van der Waals surface area contributed by atoms with Gasteiger partial charge in [0.15, 0.2) is 0 Å². The van der Waals surface area contributed by atoms with Crippen LogP contribution in [0.2, 0.25) is 0 Å². The van der Waals surface area contributed by atoms with Crippen molar-refractivity contribution in [2.24, 2.45) is 7.05 Å². The Kier molecular flexibility index (Phi) is 4.00. The highest BCUT2D eigenvalue weighted by Crippen LogP contribution is 2.36. The van der Waals surface area contributed by atoms with E-state index >= 15 is 0 Å². The minimum absolute atomic E-state index is 0.0532. The summed E-state index contributed by atoms with van der Waals surface area (Å²) < 4.78 is 7.68. The van der Waals surface area contributed by atoms with Gasteiger partial charge in [-0.15, -0.1) is 0 Å². The minimum Gasteiger partial charge on any atom is -0.376 e. The van der Waals surface area contributed by atoms with Gasteiger partial charge < -0.3 is 15.0 Å². The van der Waals surface area contributed by atoms with Gasteiger partial charge in [-0.3, -0.25) is 9.48 Å². The third kappa shape index (κ3) is 2.70. The second-order valence-corrected chi connectivity index (χ2v) is 6.89. The largest absolute Gasteiger partial charge is 0.376 e. The molecule has 2 atom stereocenters. The van der Waals surface area contributed by atoms with E-state index in [1.165, 1.54) is 0 Å². The molecule has 1 aromatic heterocycles. The van der Waals surface area contributed by atoms with Gasteiger partial charge in [-0.1, -0.05) is 12.1 Å². The van der Waals surface area contributed by atoms with E-state index < -0.39 is 0 Å². The van der Waals surface area contributed by atoms with Crippen molar-refractivity contribution < 1.29 is 9.53 Å².